The van der Waals surface area contributed by atoms with Gasteiger partial charge in [-0.1, -0.05) is 18.7 Å². The number of amides is 1. The number of hydrogen-bond acceptors (Lipinski definition) is 4. The molecule has 6 heteroatoms. The Hall–Kier alpha value is -2.44. The fourth-order valence-electron chi connectivity index (χ4n) is 2.33. The summed E-state index contributed by atoms with van der Waals surface area (Å²) in [6.45, 7) is 6.10. The lowest BCUT2D eigenvalue weighted by atomic mass is 10.1. The van der Waals surface area contributed by atoms with Gasteiger partial charge in [0.2, 0.25) is 0 Å². The van der Waals surface area contributed by atoms with Gasteiger partial charge in [0.15, 0.2) is 0 Å². The first-order valence-corrected chi connectivity index (χ1v) is 7.36. The molecular formula is C17H21N3O3. The molecule has 122 valence electrons. The molecule has 0 spiro atoms. The smallest absolute Gasteiger partial charge is 0.250 e. The zero-order valence-corrected chi connectivity index (χ0v) is 13.1. The Balaban J connectivity index is 2.32. The summed E-state index contributed by atoms with van der Waals surface area (Å²) >= 11 is 0. The second-order valence-electron chi connectivity index (χ2n) is 5.18. The van der Waals surface area contributed by atoms with Crippen molar-refractivity contribution in [2.75, 3.05) is 11.5 Å². The predicted molar refractivity (Wildman–Crippen MR) is 87.8 cm³/mol. The van der Waals surface area contributed by atoms with Crippen molar-refractivity contribution in [3.63, 3.8) is 0 Å². The Morgan fingerprint density at radius 2 is 2.22 bits per heavy atom. The maximum Gasteiger partial charge on any atom is 0.250 e. The van der Waals surface area contributed by atoms with Gasteiger partial charge in [0.05, 0.1) is 32.0 Å². The second-order valence-corrected chi connectivity index (χ2v) is 5.18. The van der Waals surface area contributed by atoms with E-state index in [1.807, 2.05) is 19.2 Å². The number of carbonyl (C=O) groups excluding carboxylic acids is 1. The molecule has 1 aromatic heterocycles. The lowest BCUT2D eigenvalue weighted by Gasteiger charge is -2.21. The van der Waals surface area contributed by atoms with Gasteiger partial charge in [-0.3, -0.25) is 9.48 Å². The molecule has 2 aromatic rings. The molecule has 0 bridgehead atoms. The average Bonchev–Trinajstić information content (AvgIpc) is 2.91. The van der Waals surface area contributed by atoms with E-state index < -0.39 is 0 Å². The van der Waals surface area contributed by atoms with Crippen molar-refractivity contribution in [3.05, 3.63) is 59.9 Å². The number of aryl methyl sites for hydroxylation is 1. The van der Waals surface area contributed by atoms with Gasteiger partial charge in [0, 0.05) is 17.4 Å². The Morgan fingerprint density at radius 3 is 2.87 bits per heavy atom. The molecule has 0 aliphatic carbocycles. The SMILES string of the molecule is C=CC(=O)N(Cc1cn(CCO)nc1C)c1cccc(CO)c1. The van der Waals surface area contributed by atoms with Gasteiger partial charge in [-0.25, -0.2) is 0 Å². The molecule has 0 saturated heterocycles. The molecular weight excluding hydrogens is 294 g/mol. The zero-order chi connectivity index (χ0) is 16.8. The maximum atomic E-state index is 12.2. The zero-order valence-electron chi connectivity index (χ0n) is 13.1. The van der Waals surface area contributed by atoms with E-state index in [9.17, 15) is 9.90 Å². The predicted octanol–water partition coefficient (Wildman–Crippen LogP) is 1.40. The Kier molecular flexibility index (Phi) is 5.67. The van der Waals surface area contributed by atoms with Crippen LogP contribution in [-0.2, 0) is 24.5 Å². The van der Waals surface area contributed by atoms with E-state index in [1.54, 1.807) is 27.8 Å². The van der Waals surface area contributed by atoms with Crippen LogP contribution in [0.5, 0.6) is 0 Å². The van der Waals surface area contributed by atoms with E-state index >= 15 is 0 Å². The summed E-state index contributed by atoms with van der Waals surface area (Å²) in [7, 11) is 0. The number of anilines is 1. The normalized spacial score (nSPS) is 10.6. The molecule has 0 fully saturated rings. The van der Waals surface area contributed by atoms with E-state index in [0.29, 0.717) is 18.8 Å². The van der Waals surface area contributed by atoms with Crippen molar-refractivity contribution in [2.24, 2.45) is 0 Å². The van der Waals surface area contributed by atoms with E-state index in [1.165, 1.54) is 6.08 Å². The minimum atomic E-state index is -0.227. The van der Waals surface area contributed by atoms with Gasteiger partial charge in [-0.15, -0.1) is 0 Å². The summed E-state index contributed by atoms with van der Waals surface area (Å²) < 4.78 is 1.66. The van der Waals surface area contributed by atoms with E-state index in [0.717, 1.165) is 16.8 Å². The minimum Gasteiger partial charge on any atom is -0.394 e. The highest BCUT2D eigenvalue weighted by Gasteiger charge is 2.16. The summed E-state index contributed by atoms with van der Waals surface area (Å²) in [6.07, 6.45) is 3.09. The molecule has 0 atom stereocenters. The van der Waals surface area contributed by atoms with Crippen molar-refractivity contribution in [1.82, 2.24) is 9.78 Å². The Morgan fingerprint density at radius 1 is 1.43 bits per heavy atom. The molecule has 1 aromatic carbocycles. The molecule has 0 radical (unpaired) electrons. The fourth-order valence-corrected chi connectivity index (χ4v) is 2.33. The van der Waals surface area contributed by atoms with Crippen molar-refractivity contribution in [2.45, 2.75) is 26.6 Å². The standard InChI is InChI=1S/C17H21N3O3/c1-3-17(23)20(16-6-4-5-14(9-16)12-22)11-15-10-19(7-8-21)18-13(15)2/h3-6,9-10,21-22H,1,7-8,11-12H2,2H3. The first-order valence-electron chi connectivity index (χ1n) is 7.36. The third-order valence-corrected chi connectivity index (χ3v) is 3.55. The van der Waals surface area contributed by atoms with Crippen LogP contribution in [0.25, 0.3) is 0 Å². The number of aliphatic hydroxyl groups is 2. The van der Waals surface area contributed by atoms with Crippen molar-refractivity contribution < 1.29 is 15.0 Å². The van der Waals surface area contributed by atoms with Crippen LogP contribution in [0, 0.1) is 6.92 Å². The first-order chi connectivity index (χ1) is 11.1. The van der Waals surface area contributed by atoms with Crippen LogP contribution in [0.1, 0.15) is 16.8 Å². The monoisotopic (exact) mass is 315 g/mol. The maximum absolute atomic E-state index is 12.2. The van der Waals surface area contributed by atoms with Gasteiger partial charge < -0.3 is 15.1 Å². The topological polar surface area (TPSA) is 78.6 Å². The summed E-state index contributed by atoms with van der Waals surface area (Å²) in [6, 6.07) is 7.18. The van der Waals surface area contributed by atoms with Gasteiger partial charge in [-0.2, -0.15) is 5.10 Å². The number of benzene rings is 1. The highest BCUT2D eigenvalue weighted by Crippen LogP contribution is 2.21. The number of nitrogens with zero attached hydrogens (tertiary/aromatic N) is 3. The van der Waals surface area contributed by atoms with Crippen LogP contribution in [0.15, 0.2) is 43.1 Å². The third-order valence-electron chi connectivity index (χ3n) is 3.55. The van der Waals surface area contributed by atoms with Gasteiger partial charge >= 0.3 is 0 Å². The number of hydrogen-bond donors (Lipinski definition) is 2. The Labute approximate surface area is 135 Å². The lowest BCUT2D eigenvalue weighted by Crippen LogP contribution is -2.28. The molecule has 0 aliphatic rings. The fraction of sp³-hybridized carbons (Fsp3) is 0.294. The largest absolute Gasteiger partial charge is 0.394 e. The molecule has 23 heavy (non-hydrogen) atoms. The van der Waals surface area contributed by atoms with Crippen LogP contribution in [0.3, 0.4) is 0 Å². The van der Waals surface area contributed by atoms with Crippen LogP contribution >= 0.6 is 0 Å². The lowest BCUT2D eigenvalue weighted by molar-refractivity contribution is -0.114. The van der Waals surface area contributed by atoms with Crippen molar-refractivity contribution in [3.8, 4) is 0 Å². The number of aromatic nitrogens is 2. The van der Waals surface area contributed by atoms with E-state index in [-0.39, 0.29) is 19.1 Å². The minimum absolute atomic E-state index is 0.00834. The summed E-state index contributed by atoms with van der Waals surface area (Å²) in [5.41, 5.74) is 3.12. The van der Waals surface area contributed by atoms with Crippen LogP contribution in [0.2, 0.25) is 0 Å². The van der Waals surface area contributed by atoms with Crippen molar-refractivity contribution >= 4 is 11.6 Å². The number of aliphatic hydroxyl groups excluding tert-OH is 2. The van der Waals surface area contributed by atoms with Crippen LogP contribution in [-0.4, -0.2) is 32.5 Å². The summed E-state index contributed by atoms with van der Waals surface area (Å²) in [4.78, 5) is 13.8. The Bertz CT molecular complexity index is 694. The molecule has 2 N–H and O–H groups in total. The highest BCUT2D eigenvalue weighted by atomic mass is 16.3. The van der Waals surface area contributed by atoms with Gasteiger partial charge in [-0.05, 0) is 30.7 Å². The molecule has 1 amide bonds. The average molecular weight is 315 g/mol. The summed E-state index contributed by atoms with van der Waals surface area (Å²) in [5, 5.41) is 22.6. The molecule has 2 rings (SSSR count). The van der Waals surface area contributed by atoms with Crippen LogP contribution in [0.4, 0.5) is 5.69 Å². The molecule has 0 aliphatic heterocycles. The summed E-state index contributed by atoms with van der Waals surface area (Å²) in [5.74, 6) is -0.227. The van der Waals surface area contributed by atoms with Gasteiger partial charge in [0.1, 0.15) is 0 Å². The van der Waals surface area contributed by atoms with Crippen LogP contribution < -0.4 is 4.90 Å². The first kappa shape index (κ1) is 16.9. The second kappa shape index (κ2) is 7.71. The highest BCUT2D eigenvalue weighted by molar-refractivity contribution is 6.01. The number of rotatable bonds is 7. The van der Waals surface area contributed by atoms with Gasteiger partial charge in [0.25, 0.3) is 5.91 Å². The van der Waals surface area contributed by atoms with E-state index in [2.05, 4.69) is 11.7 Å². The molecule has 0 unspecified atom stereocenters. The quantitative estimate of drug-likeness (QED) is 0.757. The molecule has 6 nitrogen and oxygen atoms in total. The molecule has 0 saturated carbocycles. The van der Waals surface area contributed by atoms with Crippen molar-refractivity contribution in [1.29, 1.82) is 0 Å². The molecule has 1 heterocycles. The number of carbonyl (C=O) groups is 1. The van der Waals surface area contributed by atoms with E-state index in [4.69, 9.17) is 5.11 Å². The third kappa shape index (κ3) is 4.06.